The van der Waals surface area contributed by atoms with Crippen LogP contribution in [0.5, 0.6) is 5.75 Å². The van der Waals surface area contributed by atoms with Gasteiger partial charge in [-0.15, -0.1) is 0 Å². The lowest BCUT2D eigenvalue weighted by molar-refractivity contribution is -0.265. The molecule has 0 saturated heterocycles. The molecule has 3 rings (SSSR count). The minimum absolute atomic E-state index is 0.0158. The first-order valence-electron chi connectivity index (χ1n) is 7.71. The van der Waals surface area contributed by atoms with Crippen LogP contribution in [0.25, 0.3) is 11.0 Å². The molecule has 0 spiro atoms. The van der Waals surface area contributed by atoms with Crippen LogP contribution in [0.15, 0.2) is 52.9 Å². The van der Waals surface area contributed by atoms with E-state index in [2.05, 4.69) is 0 Å². The molecule has 1 amide bonds. The third-order valence-corrected chi connectivity index (χ3v) is 3.98. The average Bonchev–Trinajstić information content (AvgIpc) is 2.95. The van der Waals surface area contributed by atoms with Crippen molar-refractivity contribution in [2.24, 2.45) is 0 Å². The van der Waals surface area contributed by atoms with E-state index in [1.54, 1.807) is 6.07 Å². The maximum atomic E-state index is 12.2. The number of carboxylic acid groups (broad SMARTS) is 1. The van der Waals surface area contributed by atoms with Crippen LogP contribution in [0, 0.1) is 0 Å². The number of nitrogens with zero attached hydrogens (tertiary/aromatic N) is 1. The first kappa shape index (κ1) is 16.6. The quantitative estimate of drug-likeness (QED) is 0.772. The van der Waals surface area contributed by atoms with E-state index in [1.807, 2.05) is 30.3 Å². The molecule has 0 unspecified atom stereocenters. The lowest BCUT2D eigenvalue weighted by Gasteiger charge is -2.22. The van der Waals surface area contributed by atoms with Crippen molar-refractivity contribution >= 4 is 22.8 Å². The predicted molar refractivity (Wildman–Crippen MR) is 89.0 cm³/mol. The molecule has 128 valence electrons. The van der Waals surface area contributed by atoms with Crippen molar-refractivity contribution in [3.63, 3.8) is 0 Å². The van der Waals surface area contributed by atoms with Crippen LogP contribution in [0.2, 0.25) is 0 Å². The molecule has 1 N–H and O–H groups in total. The summed E-state index contributed by atoms with van der Waals surface area (Å²) in [7, 11) is 0. The molecule has 0 aliphatic heterocycles. The Labute approximate surface area is 143 Å². The van der Waals surface area contributed by atoms with Crippen molar-refractivity contribution in [1.82, 2.24) is 4.90 Å². The molecule has 1 aromatic heterocycles. The zero-order valence-electron chi connectivity index (χ0n) is 13.6. The van der Waals surface area contributed by atoms with Gasteiger partial charge in [0.15, 0.2) is 0 Å². The zero-order valence-corrected chi connectivity index (χ0v) is 13.6. The Morgan fingerprint density at radius 1 is 1.08 bits per heavy atom. The Morgan fingerprint density at radius 3 is 2.44 bits per heavy atom. The van der Waals surface area contributed by atoms with Crippen LogP contribution >= 0.6 is 0 Å². The van der Waals surface area contributed by atoms with E-state index in [9.17, 15) is 19.8 Å². The normalized spacial score (nSPS) is 10.8. The number of rotatable bonds is 5. The Morgan fingerprint density at radius 2 is 1.80 bits per heavy atom. The number of benzene rings is 2. The van der Waals surface area contributed by atoms with Crippen molar-refractivity contribution in [1.29, 1.82) is 0 Å². The molecule has 0 radical (unpaired) electrons. The van der Waals surface area contributed by atoms with Gasteiger partial charge in [-0.25, -0.2) is 4.79 Å². The highest BCUT2D eigenvalue weighted by Crippen LogP contribution is 2.32. The number of aromatic carboxylic acids is 1. The minimum Gasteiger partial charge on any atom is -0.872 e. The number of carboxylic acids is 1. The monoisotopic (exact) mass is 338 g/mol. The summed E-state index contributed by atoms with van der Waals surface area (Å²) in [5.41, 5.74) is 1.34. The molecular weight excluding hydrogens is 322 g/mol. The summed E-state index contributed by atoms with van der Waals surface area (Å²) in [6, 6.07) is 13.7. The Kier molecular flexibility index (Phi) is 4.43. The van der Waals surface area contributed by atoms with Crippen LogP contribution in [0.4, 0.5) is 0 Å². The molecular formula is C19H16NO5-. The van der Waals surface area contributed by atoms with Crippen LogP contribution in [-0.4, -0.2) is 21.9 Å². The van der Waals surface area contributed by atoms with Crippen LogP contribution in [0.3, 0.4) is 0 Å². The van der Waals surface area contributed by atoms with Gasteiger partial charge in [0, 0.05) is 24.4 Å². The largest absolute Gasteiger partial charge is 0.872 e. The van der Waals surface area contributed by atoms with Gasteiger partial charge in [0.2, 0.25) is 11.7 Å². The molecule has 6 heteroatoms. The summed E-state index contributed by atoms with van der Waals surface area (Å²) in [5, 5.41) is 21.8. The van der Waals surface area contributed by atoms with Crippen molar-refractivity contribution in [3.8, 4) is 5.75 Å². The second kappa shape index (κ2) is 6.68. The lowest BCUT2D eigenvalue weighted by Crippen LogP contribution is -2.28. The van der Waals surface area contributed by atoms with E-state index in [4.69, 9.17) is 4.42 Å². The van der Waals surface area contributed by atoms with E-state index in [0.717, 1.165) is 5.56 Å². The van der Waals surface area contributed by atoms with Gasteiger partial charge in [0.05, 0.1) is 6.54 Å². The van der Waals surface area contributed by atoms with E-state index in [0.29, 0.717) is 6.54 Å². The first-order chi connectivity index (χ1) is 12.0. The van der Waals surface area contributed by atoms with E-state index < -0.39 is 5.97 Å². The summed E-state index contributed by atoms with van der Waals surface area (Å²) < 4.78 is 5.33. The summed E-state index contributed by atoms with van der Waals surface area (Å²) in [5.74, 6) is -2.13. The van der Waals surface area contributed by atoms with Crippen LogP contribution in [0.1, 0.15) is 28.6 Å². The highest BCUT2D eigenvalue weighted by molar-refractivity contribution is 5.97. The molecule has 0 aliphatic carbocycles. The fourth-order valence-corrected chi connectivity index (χ4v) is 2.78. The Hall–Kier alpha value is -3.28. The molecule has 6 nitrogen and oxygen atoms in total. The molecule has 0 aliphatic rings. The molecule has 0 bridgehead atoms. The highest BCUT2D eigenvalue weighted by atomic mass is 16.4. The smallest absolute Gasteiger partial charge is 0.372 e. The molecule has 0 fully saturated rings. The van der Waals surface area contributed by atoms with Crippen LogP contribution < -0.4 is 5.11 Å². The van der Waals surface area contributed by atoms with Gasteiger partial charge in [-0.2, -0.15) is 0 Å². The lowest BCUT2D eigenvalue weighted by atomic mass is 10.1. The maximum absolute atomic E-state index is 12.2. The molecule has 3 aromatic rings. The van der Waals surface area contributed by atoms with Crippen molar-refractivity contribution in [2.75, 3.05) is 0 Å². The summed E-state index contributed by atoms with van der Waals surface area (Å²) in [6.07, 6.45) is 0. The van der Waals surface area contributed by atoms with Crippen molar-refractivity contribution in [3.05, 3.63) is 65.4 Å². The summed E-state index contributed by atoms with van der Waals surface area (Å²) in [6.45, 7) is 1.70. The first-order valence-corrected chi connectivity index (χ1v) is 7.71. The number of amides is 1. The second-order valence-corrected chi connectivity index (χ2v) is 5.70. The van der Waals surface area contributed by atoms with E-state index in [1.165, 1.54) is 24.0 Å². The summed E-state index contributed by atoms with van der Waals surface area (Å²) in [4.78, 5) is 25.0. The third-order valence-electron chi connectivity index (χ3n) is 3.98. The van der Waals surface area contributed by atoms with Gasteiger partial charge in [0.25, 0.3) is 0 Å². The molecule has 1 heterocycles. The van der Waals surface area contributed by atoms with Crippen molar-refractivity contribution < 1.29 is 24.2 Å². The predicted octanol–water partition coefficient (Wildman–Crippen LogP) is 2.75. The average molecular weight is 338 g/mol. The van der Waals surface area contributed by atoms with Gasteiger partial charge in [0.1, 0.15) is 5.58 Å². The Balaban J connectivity index is 2.03. The molecule has 0 saturated carbocycles. The van der Waals surface area contributed by atoms with Crippen molar-refractivity contribution in [2.45, 2.75) is 20.0 Å². The van der Waals surface area contributed by atoms with E-state index in [-0.39, 0.29) is 40.5 Å². The van der Waals surface area contributed by atoms with Gasteiger partial charge in [-0.1, -0.05) is 48.2 Å². The Bertz CT molecular complexity index is 930. The topological polar surface area (TPSA) is 93.8 Å². The van der Waals surface area contributed by atoms with Gasteiger partial charge in [-0.3, -0.25) is 4.79 Å². The molecule has 2 aromatic carbocycles. The second-order valence-electron chi connectivity index (χ2n) is 5.70. The van der Waals surface area contributed by atoms with Gasteiger partial charge in [-0.05, 0) is 11.6 Å². The fraction of sp³-hybridized carbons (Fsp3) is 0.158. The molecule has 0 atom stereocenters. The number of hydrogen-bond acceptors (Lipinski definition) is 4. The number of hydrogen-bond donors (Lipinski definition) is 1. The van der Waals surface area contributed by atoms with E-state index >= 15 is 0 Å². The molecule has 25 heavy (non-hydrogen) atoms. The zero-order chi connectivity index (χ0) is 18.0. The minimum atomic E-state index is -1.27. The maximum Gasteiger partial charge on any atom is 0.372 e. The number of furan rings is 1. The fourth-order valence-electron chi connectivity index (χ4n) is 2.78. The standard InChI is InChI=1S/C19H17NO5/c1-12(21)20(10-13-6-3-2-4-7-13)11-14-17-15(22)8-5-9-16(17)25-18(14)19(23)24/h2-9,22H,10-11H2,1H3,(H,23,24)/p-1. The van der Waals surface area contributed by atoms with Gasteiger partial charge < -0.3 is 19.5 Å². The van der Waals surface area contributed by atoms with Crippen LogP contribution in [-0.2, 0) is 17.9 Å². The van der Waals surface area contributed by atoms with Gasteiger partial charge >= 0.3 is 5.97 Å². The SMILES string of the molecule is CC(=O)N(Cc1ccccc1)Cc1c(C(=O)O)oc2cccc([O-])c12. The number of carbonyl (C=O) groups is 2. The number of carbonyl (C=O) groups excluding carboxylic acids is 1. The number of fused-ring (bicyclic) bond motifs is 1. The summed E-state index contributed by atoms with van der Waals surface area (Å²) >= 11 is 0. The highest BCUT2D eigenvalue weighted by Gasteiger charge is 2.23. The third kappa shape index (κ3) is 3.33.